The first kappa shape index (κ1) is 108. The molecule has 579 valence electrons. The predicted octanol–water partition coefficient (Wildman–Crippen LogP) is 13.5. The van der Waals surface area contributed by atoms with E-state index in [0.717, 1.165) is 112 Å². The summed E-state index contributed by atoms with van der Waals surface area (Å²) in [6.45, 7) is 15.9. The van der Waals surface area contributed by atoms with E-state index in [2.05, 4.69) is 422 Å². The number of imidazole rings is 2. The minimum absolute atomic E-state index is 0. The average Bonchev–Trinajstić information content (AvgIpc) is 1.64. The molecule has 2 aliphatic heterocycles. The molecule has 0 saturated carbocycles. The van der Waals surface area contributed by atoms with E-state index in [-0.39, 0.29) is 98.6 Å². The van der Waals surface area contributed by atoms with Crippen LogP contribution in [0.4, 0.5) is 11.5 Å². The number of aryl methyl sites for hydroxylation is 4. The molecule has 0 spiro atoms. The summed E-state index contributed by atoms with van der Waals surface area (Å²) in [7, 11) is 4.62. The summed E-state index contributed by atoms with van der Waals surface area (Å²) in [6, 6.07) is 43.9. The third-order valence-electron chi connectivity index (χ3n) is 15.4. The van der Waals surface area contributed by atoms with E-state index in [1.807, 2.05) is 37.1 Å². The maximum absolute atomic E-state index is 12.3. The molecule has 0 bridgehead atoms. The van der Waals surface area contributed by atoms with Crippen molar-refractivity contribution in [3.8, 4) is 0 Å². The van der Waals surface area contributed by atoms with Crippen LogP contribution >= 0.6 is 274 Å². The smallest absolute Gasteiger partial charge is 0.443 e. The van der Waals surface area contributed by atoms with Crippen LogP contribution in [0.15, 0.2) is 168 Å². The third kappa shape index (κ3) is 40.1. The van der Waals surface area contributed by atoms with Gasteiger partial charge in [0.15, 0.2) is 22.3 Å². The normalized spacial score (nSPS) is 12.4. The summed E-state index contributed by atoms with van der Waals surface area (Å²) in [5, 5.41) is 6.64. The number of rotatable bonds is 19. The summed E-state index contributed by atoms with van der Waals surface area (Å²) in [4.78, 5) is 100. The summed E-state index contributed by atoms with van der Waals surface area (Å²) in [5.41, 5.74) is 9.46. The van der Waals surface area contributed by atoms with E-state index in [1.54, 1.807) is 31.3 Å². The molecule has 2 saturated heterocycles. The number of H-pyrrole nitrogens is 3. The maximum Gasteiger partial charge on any atom is 1.00 e. The second-order valence-electron chi connectivity index (χ2n) is 21.9. The fourth-order valence-electron chi connectivity index (χ4n) is 10.6. The predicted molar refractivity (Wildman–Crippen MR) is 531 cm³/mol. The van der Waals surface area contributed by atoms with Gasteiger partial charge < -0.3 is 57.2 Å². The van der Waals surface area contributed by atoms with E-state index in [4.69, 9.17) is 12.5 Å². The topological polar surface area (TPSA) is 260 Å². The molecule has 0 aliphatic carbocycles. The van der Waals surface area contributed by atoms with Crippen LogP contribution in [-0.4, -0.2) is 151 Å². The van der Waals surface area contributed by atoms with E-state index >= 15 is 0 Å². The molecule has 9 aromatic rings. The van der Waals surface area contributed by atoms with Gasteiger partial charge in [0.2, 0.25) is 0 Å². The molecule has 22 nitrogen and oxygen atoms in total. The van der Waals surface area contributed by atoms with Gasteiger partial charge in [0.1, 0.15) is -0.124 Å². The van der Waals surface area contributed by atoms with E-state index in [9.17, 15) is 28.8 Å². The molecule has 6 N–H and O–H groups in total. The summed E-state index contributed by atoms with van der Waals surface area (Å²) < 4.78 is 10.1. The van der Waals surface area contributed by atoms with Crippen LogP contribution in [-0.2, 0) is 52.8 Å². The minimum atomic E-state index is -0.678. The van der Waals surface area contributed by atoms with Crippen molar-refractivity contribution in [3.05, 3.63) is 224 Å². The van der Waals surface area contributed by atoms with Crippen molar-refractivity contribution in [1.82, 2.24) is 67.8 Å². The van der Waals surface area contributed by atoms with Crippen molar-refractivity contribution in [1.29, 1.82) is 0 Å². The zero-order valence-electron chi connectivity index (χ0n) is 59.5. The number of alkyl halides is 12. The largest absolute Gasteiger partial charge is 1.00 e. The Hall–Kier alpha value is 2.13. The monoisotopic (exact) mass is 2830 g/mol. The number of halogens is 13. The summed E-state index contributed by atoms with van der Waals surface area (Å²) in [6.07, 6.45) is 9.81. The van der Waals surface area contributed by atoms with Gasteiger partial charge in [-0.2, -0.15) is 6.72 Å². The molecular formula is C69H89Br3I10KN16O6V-. The fourth-order valence-corrected chi connectivity index (χ4v) is 11.8. The molecule has 106 heavy (non-hydrogen) atoms. The van der Waals surface area contributed by atoms with Gasteiger partial charge in [0.25, 0.3) is 16.7 Å². The fraction of sp³-hybridized carbons (Fsp3) is 0.420. The van der Waals surface area contributed by atoms with Crippen LogP contribution in [0.3, 0.4) is 0 Å². The number of fused-ring (bicyclic) bond motifs is 2. The number of nitrogens with one attached hydrogen (secondary N) is 4. The van der Waals surface area contributed by atoms with Crippen molar-refractivity contribution >= 4 is 314 Å². The molecule has 0 amide bonds. The molecule has 0 atom stereocenters. The Balaban J connectivity index is 0.00000133. The Kier molecular flexibility index (Phi) is 66.4. The van der Waals surface area contributed by atoms with Gasteiger partial charge in [-0.25, -0.2) is 24.4 Å². The number of benzene rings is 4. The van der Waals surface area contributed by atoms with Gasteiger partial charge >= 0.3 is 68.5 Å². The second-order valence-corrected chi connectivity index (χ2v) is 50.5. The quantitative estimate of drug-likeness (QED) is 0.0126. The van der Waals surface area contributed by atoms with E-state index in [0.29, 0.717) is 34.9 Å². The number of piperazine rings is 2. The first-order valence-corrected chi connectivity index (χ1v) is 49.8. The number of hydrogen-bond acceptors (Lipinski definition) is 14. The minimum Gasteiger partial charge on any atom is -0.443 e. The molecule has 11 rings (SSSR count). The Morgan fingerprint density at radius 1 is 0.500 bits per heavy atom. The van der Waals surface area contributed by atoms with Crippen molar-refractivity contribution in [2.75, 3.05) is 88.0 Å². The number of nitrogens with zero attached hydrogens (tertiary/aromatic N) is 11. The van der Waals surface area contributed by atoms with Gasteiger partial charge in [0, 0.05) is 120 Å². The molecule has 4 aromatic carbocycles. The number of aromatic nitrogens is 10. The maximum atomic E-state index is 12.3. The van der Waals surface area contributed by atoms with Crippen molar-refractivity contribution < 1.29 is 69.9 Å². The first-order chi connectivity index (χ1) is 50.1. The van der Waals surface area contributed by atoms with Crippen LogP contribution in [0, 0.1) is 4.93 Å². The number of anilines is 1. The average molecular weight is 2840 g/mol. The Labute approximate surface area is 838 Å². The Bertz CT molecular complexity index is 4050. The third-order valence-corrected chi connectivity index (χ3v) is 17.1. The summed E-state index contributed by atoms with van der Waals surface area (Å²) in [5.74, 6) is -0.0243. The summed E-state index contributed by atoms with van der Waals surface area (Å²) >= 11 is 32.5. The van der Waals surface area contributed by atoms with Gasteiger partial charge in [0.05, 0.1) is 32.9 Å². The van der Waals surface area contributed by atoms with E-state index in [1.165, 1.54) is 53.7 Å². The number of hydrogen-bond donors (Lipinski definition) is 5. The van der Waals surface area contributed by atoms with Gasteiger partial charge in [-0.15, -0.1) is 0 Å². The molecule has 37 heteroatoms. The number of nitrogen functional groups attached to an aromatic ring is 1. The van der Waals surface area contributed by atoms with Gasteiger partial charge in [-0.05, 0) is 79.3 Å². The molecule has 7 heterocycles. The van der Waals surface area contributed by atoms with E-state index < -0.39 is 22.6 Å². The van der Waals surface area contributed by atoms with Crippen molar-refractivity contribution in [2.24, 2.45) is 26.1 Å². The van der Waals surface area contributed by atoms with Crippen molar-refractivity contribution in [2.45, 2.75) is 63.6 Å². The SMILES string of the molecule is BrCCCCBr.CI.Cn1c(=O)[nH]c(=O)c2c1ncn2CCCCBr.Cn1c(=O)[nH]c(=O)c2c1ncn2CCCCN1CCN(C(c2ccccc2)c2ccccc2)CC1.IC(I)I.IC(I)I.ICI.[CH-]=Nc1c(N)c(=O)[nH]c(=O)n1C.[CH2-]I.[K+].[V].c1ccc(C(c2ccccc2)N2CCNCC2)cc1. The zero-order valence-corrected chi connectivity index (χ0v) is 90.3. The second kappa shape index (κ2) is 65.1. The number of aromatic amines is 3. The molecule has 5 aromatic heterocycles. The molecule has 2 aliphatic rings. The number of unbranched alkanes of at least 4 members (excludes halogenated alkanes) is 3. The van der Waals surface area contributed by atoms with Crippen LogP contribution in [0.2, 0.25) is 0 Å². The Morgan fingerprint density at radius 3 is 1.12 bits per heavy atom. The van der Waals surface area contributed by atoms with Gasteiger partial charge in [-0.1, -0.05) is 372 Å². The van der Waals surface area contributed by atoms with Crippen LogP contribution < -0.4 is 96.2 Å². The van der Waals surface area contributed by atoms with Gasteiger partial charge in [-0.3, -0.25) is 53.2 Å². The van der Waals surface area contributed by atoms with Crippen LogP contribution in [0.5, 0.6) is 0 Å². The standard InChI is InChI=1S/C27H32N6O2.C17H20N2.C10H13BrN4O2.C6H7N4O2.C4H8Br2.2CHI3.CH2I2.CH3I.CH2I.K.V/c1-30-25-24(26(34)29-27(30)35)33(20-28-25)15-9-8-14-31-16-18-32(19-17-31)23(21-10-4-2-5-11-21)22-12-6-3-7-13-22;1-3-7-15(8-4-1)17(16-9-5-2-6-10-16)19-13-11-18-12-14-19;1-14-8-7(9(16)13-10(14)17)15(6-12-8)5-3-2-4-11;1-8-4-3(7)5(11)9-6(12)10(4)2;5-3-1-2-4-6;2*2-1(3)4;2-1-3;2*1-2;;/h2-7,10-13,20,23H,8-9,14-19H2,1H3,(H,29,34,35);1-10,17-18H,11-14H2;6H,2-5H2,1H3,(H,13,16,17);1H,7H2,2H3,(H,9,11,12);1-4H2;2*1H;1H2;1H3;1H2;;/q;;;-1;;;;;;-1;+1;. The Morgan fingerprint density at radius 2 is 0.792 bits per heavy atom. The molecule has 0 unspecified atom stereocenters. The number of nitrogens with two attached hydrogens (primary N) is 1. The molecule has 2 fully saturated rings. The molecular weight excluding hydrogens is 2750 g/mol. The number of aliphatic imine (C=N–C) groups is 1. The van der Waals surface area contributed by atoms with Crippen LogP contribution in [0.25, 0.3) is 22.3 Å². The zero-order chi connectivity index (χ0) is 77.5. The van der Waals surface area contributed by atoms with Crippen molar-refractivity contribution in [3.63, 3.8) is 0 Å². The first-order valence-electron chi connectivity index (χ1n) is 32.3. The van der Waals surface area contributed by atoms with Crippen LogP contribution in [0.1, 0.15) is 72.9 Å². The molecule has 1 radical (unpaired) electrons.